The number of carbonyl (C=O) groups is 2. The summed E-state index contributed by atoms with van der Waals surface area (Å²) in [5.41, 5.74) is 1.02. The van der Waals surface area contributed by atoms with Gasteiger partial charge in [-0.1, -0.05) is 26.0 Å². The Labute approximate surface area is 153 Å². The number of hydrogen-bond acceptors (Lipinski definition) is 5. The van der Waals surface area contributed by atoms with E-state index in [2.05, 4.69) is 17.2 Å². The first-order valence-electron chi connectivity index (χ1n) is 8.75. The Morgan fingerprint density at radius 1 is 1.27 bits per heavy atom. The van der Waals surface area contributed by atoms with E-state index in [1.54, 1.807) is 18.2 Å². The van der Waals surface area contributed by atoms with Crippen molar-refractivity contribution >= 4 is 12.0 Å². The van der Waals surface area contributed by atoms with Crippen molar-refractivity contribution in [3.05, 3.63) is 36.0 Å². The van der Waals surface area contributed by atoms with Gasteiger partial charge in [0.25, 0.3) is 0 Å². The third-order valence-corrected chi connectivity index (χ3v) is 4.11. The summed E-state index contributed by atoms with van der Waals surface area (Å²) < 4.78 is 16.2. The Balaban J connectivity index is 2.31. The summed E-state index contributed by atoms with van der Waals surface area (Å²) in [6.45, 7) is 8.57. The zero-order valence-corrected chi connectivity index (χ0v) is 15.5. The molecule has 0 aliphatic carbocycles. The first kappa shape index (κ1) is 19.6. The van der Waals surface area contributed by atoms with E-state index in [4.69, 9.17) is 14.2 Å². The summed E-state index contributed by atoms with van der Waals surface area (Å²) >= 11 is 0. The van der Waals surface area contributed by atoms with Gasteiger partial charge in [-0.25, -0.2) is 4.79 Å². The molecule has 2 amide bonds. The highest BCUT2D eigenvalue weighted by molar-refractivity contribution is 5.85. The van der Waals surface area contributed by atoms with Crippen molar-refractivity contribution in [3.8, 4) is 11.5 Å². The Hall–Kier alpha value is -2.70. The first-order chi connectivity index (χ1) is 12.5. The first-order valence-corrected chi connectivity index (χ1v) is 8.75. The van der Waals surface area contributed by atoms with E-state index >= 15 is 0 Å². The van der Waals surface area contributed by atoms with Crippen LogP contribution in [0.15, 0.2) is 30.5 Å². The number of ether oxygens (including phenoxy) is 3. The van der Waals surface area contributed by atoms with Crippen LogP contribution in [0.2, 0.25) is 0 Å². The Morgan fingerprint density at radius 2 is 2.04 bits per heavy atom. The molecule has 1 aromatic rings. The lowest BCUT2D eigenvalue weighted by Crippen LogP contribution is -2.51. The van der Waals surface area contributed by atoms with Crippen LogP contribution in [0, 0.1) is 5.92 Å². The second kappa shape index (κ2) is 9.12. The third kappa shape index (κ3) is 4.47. The minimum absolute atomic E-state index is 0.313. The Kier molecular flexibility index (Phi) is 6.89. The molecule has 0 aromatic heterocycles. The summed E-state index contributed by atoms with van der Waals surface area (Å²) in [4.78, 5) is 24.5. The zero-order chi connectivity index (χ0) is 19.1. The molecule has 1 saturated heterocycles. The van der Waals surface area contributed by atoms with Gasteiger partial charge in [0.15, 0.2) is 11.5 Å². The van der Waals surface area contributed by atoms with Gasteiger partial charge in [-0.05, 0) is 31.0 Å². The van der Waals surface area contributed by atoms with Gasteiger partial charge in [-0.3, -0.25) is 4.79 Å². The standard InChI is InChI=1S/C19H26N2O5/c1-5-7-10-26-18(22)16-12(3)20-19(23)21-17(16)13-8-9-14(25-6-2)15(11-13)24-4/h8-9,11,16-17H,3,5-7,10H2,1-2,4H3,(H2,20,21,23)/t16-,17+/m0/s1. The number of unbranched alkanes of at least 4 members (excludes halogenated alkanes) is 1. The quantitative estimate of drug-likeness (QED) is 0.549. The van der Waals surface area contributed by atoms with Gasteiger partial charge in [0.1, 0.15) is 5.92 Å². The molecule has 1 fully saturated rings. The number of urea groups is 1. The lowest BCUT2D eigenvalue weighted by molar-refractivity contribution is -0.148. The molecule has 1 aromatic carbocycles. The summed E-state index contributed by atoms with van der Waals surface area (Å²) in [5, 5.41) is 5.34. The van der Waals surface area contributed by atoms with Gasteiger partial charge in [-0.15, -0.1) is 0 Å². The van der Waals surface area contributed by atoms with Crippen LogP contribution in [0.5, 0.6) is 11.5 Å². The fourth-order valence-electron chi connectivity index (χ4n) is 2.80. The molecule has 0 spiro atoms. The van der Waals surface area contributed by atoms with Gasteiger partial charge in [0.2, 0.25) is 0 Å². The molecule has 7 nitrogen and oxygen atoms in total. The van der Waals surface area contributed by atoms with E-state index in [0.717, 1.165) is 12.8 Å². The van der Waals surface area contributed by atoms with Crippen molar-refractivity contribution in [1.82, 2.24) is 10.6 Å². The Bertz CT molecular complexity index is 674. The lowest BCUT2D eigenvalue weighted by Gasteiger charge is -2.33. The Morgan fingerprint density at radius 3 is 2.69 bits per heavy atom. The molecule has 7 heteroatoms. The van der Waals surface area contributed by atoms with E-state index in [1.807, 2.05) is 13.8 Å². The van der Waals surface area contributed by atoms with Crippen LogP contribution in [-0.2, 0) is 9.53 Å². The van der Waals surface area contributed by atoms with E-state index in [1.165, 1.54) is 7.11 Å². The molecule has 1 heterocycles. The smallest absolute Gasteiger partial charge is 0.319 e. The molecule has 0 unspecified atom stereocenters. The third-order valence-electron chi connectivity index (χ3n) is 4.11. The fourth-order valence-corrected chi connectivity index (χ4v) is 2.80. The number of methoxy groups -OCH3 is 1. The molecule has 1 aliphatic heterocycles. The van der Waals surface area contributed by atoms with Crippen LogP contribution in [0.25, 0.3) is 0 Å². The number of esters is 1. The minimum Gasteiger partial charge on any atom is -0.493 e. The topological polar surface area (TPSA) is 85.9 Å². The average Bonchev–Trinajstić information content (AvgIpc) is 2.61. The minimum atomic E-state index is -0.729. The predicted molar refractivity (Wildman–Crippen MR) is 97.1 cm³/mol. The number of carbonyl (C=O) groups excluding carboxylic acids is 2. The van der Waals surface area contributed by atoms with E-state index in [0.29, 0.717) is 36.0 Å². The molecule has 2 atom stereocenters. The highest BCUT2D eigenvalue weighted by Gasteiger charge is 2.39. The molecule has 1 aliphatic rings. The average molecular weight is 362 g/mol. The molecule has 2 N–H and O–H groups in total. The number of rotatable bonds is 8. The largest absolute Gasteiger partial charge is 0.493 e. The second-order valence-electron chi connectivity index (χ2n) is 5.94. The molecular formula is C19H26N2O5. The summed E-state index contributed by atoms with van der Waals surface area (Å²) in [7, 11) is 1.54. The predicted octanol–water partition coefficient (Wildman–Crippen LogP) is 2.92. The van der Waals surface area contributed by atoms with Crippen LogP contribution in [0.3, 0.4) is 0 Å². The maximum absolute atomic E-state index is 12.6. The van der Waals surface area contributed by atoms with E-state index in [-0.39, 0.29) is 0 Å². The molecular weight excluding hydrogens is 336 g/mol. The van der Waals surface area contributed by atoms with Gasteiger partial charge in [0.05, 0.1) is 26.4 Å². The highest BCUT2D eigenvalue weighted by Crippen LogP contribution is 2.35. The number of amides is 2. The van der Waals surface area contributed by atoms with Crippen molar-refractivity contribution in [2.45, 2.75) is 32.7 Å². The van der Waals surface area contributed by atoms with E-state index < -0.39 is 24.0 Å². The number of nitrogens with one attached hydrogen (secondary N) is 2. The van der Waals surface area contributed by atoms with Crippen LogP contribution in [0.4, 0.5) is 4.79 Å². The zero-order valence-electron chi connectivity index (χ0n) is 15.5. The van der Waals surface area contributed by atoms with Gasteiger partial charge in [-0.2, -0.15) is 0 Å². The van der Waals surface area contributed by atoms with Gasteiger partial charge in [0, 0.05) is 5.70 Å². The van der Waals surface area contributed by atoms with Gasteiger partial charge >= 0.3 is 12.0 Å². The molecule has 2 rings (SSSR count). The van der Waals surface area contributed by atoms with Crippen molar-refractivity contribution < 1.29 is 23.8 Å². The van der Waals surface area contributed by atoms with Crippen molar-refractivity contribution in [2.24, 2.45) is 5.92 Å². The molecule has 0 saturated carbocycles. The monoisotopic (exact) mass is 362 g/mol. The molecule has 0 bridgehead atoms. The summed E-state index contributed by atoms with van der Waals surface area (Å²) in [6, 6.07) is 4.29. The molecule has 26 heavy (non-hydrogen) atoms. The molecule has 0 radical (unpaired) electrons. The van der Waals surface area contributed by atoms with Crippen LogP contribution in [-0.4, -0.2) is 32.3 Å². The van der Waals surface area contributed by atoms with Crippen molar-refractivity contribution in [1.29, 1.82) is 0 Å². The number of benzene rings is 1. The highest BCUT2D eigenvalue weighted by atomic mass is 16.5. The van der Waals surface area contributed by atoms with Crippen molar-refractivity contribution in [3.63, 3.8) is 0 Å². The lowest BCUT2D eigenvalue weighted by atomic mass is 9.89. The second-order valence-corrected chi connectivity index (χ2v) is 5.94. The van der Waals surface area contributed by atoms with Crippen LogP contribution >= 0.6 is 0 Å². The maximum atomic E-state index is 12.6. The normalized spacial score (nSPS) is 19.3. The fraction of sp³-hybridized carbons (Fsp3) is 0.474. The summed E-state index contributed by atoms with van der Waals surface area (Å²) in [5.74, 6) is -0.0261. The van der Waals surface area contributed by atoms with Gasteiger partial charge < -0.3 is 24.8 Å². The summed E-state index contributed by atoms with van der Waals surface area (Å²) in [6.07, 6.45) is 1.71. The van der Waals surface area contributed by atoms with Crippen LogP contribution in [0.1, 0.15) is 38.3 Å². The number of hydrogen-bond donors (Lipinski definition) is 2. The maximum Gasteiger partial charge on any atom is 0.319 e. The molecule has 142 valence electrons. The van der Waals surface area contributed by atoms with Crippen LogP contribution < -0.4 is 20.1 Å². The SMILES string of the molecule is C=C1NC(=O)N[C@H](c2ccc(OCC)c(OC)c2)[C@H]1C(=O)OCCCC. The van der Waals surface area contributed by atoms with E-state index in [9.17, 15) is 9.59 Å². The van der Waals surface area contributed by atoms with Crippen molar-refractivity contribution in [2.75, 3.05) is 20.3 Å².